The van der Waals surface area contributed by atoms with Crippen molar-refractivity contribution in [2.24, 2.45) is 5.14 Å². The predicted molar refractivity (Wildman–Crippen MR) is 64.8 cm³/mol. The summed E-state index contributed by atoms with van der Waals surface area (Å²) in [6.45, 7) is 0.573. The minimum Gasteiger partial charge on any atom is -0.398 e. The number of primary sulfonamides is 1. The van der Waals surface area contributed by atoms with E-state index in [1.165, 1.54) is 30.0 Å². The van der Waals surface area contributed by atoms with Gasteiger partial charge in [0.15, 0.2) is 0 Å². The van der Waals surface area contributed by atoms with Crippen LogP contribution < -0.4 is 10.9 Å². The maximum absolute atomic E-state index is 11.1. The molecule has 0 radical (unpaired) electrons. The van der Waals surface area contributed by atoms with Crippen molar-refractivity contribution in [1.82, 2.24) is 0 Å². The lowest BCUT2D eigenvalue weighted by Crippen LogP contribution is -2.12. The molecule has 0 aromatic heterocycles. The summed E-state index contributed by atoms with van der Waals surface area (Å²) in [6, 6.07) is 4.41. The maximum Gasteiger partial charge on any atom is 0.238 e. The maximum atomic E-state index is 11.1. The summed E-state index contributed by atoms with van der Waals surface area (Å²) >= 11 is 1.43. The van der Waals surface area contributed by atoms with Crippen molar-refractivity contribution < 1.29 is 13.2 Å². The first-order valence-corrected chi connectivity index (χ1v) is 7.02. The molecule has 0 heterocycles. The van der Waals surface area contributed by atoms with E-state index in [9.17, 15) is 8.42 Å². The number of thioether (sulfide) groups is 1. The highest BCUT2D eigenvalue weighted by molar-refractivity contribution is 7.99. The standard InChI is InChI=1S/C9H14N2O3S2/c1-14-4-5-15-9-6-7(16(11,12)13)2-3-8(9)10/h2-3,6H,4-5,10H2,1H3,(H2,11,12,13). The molecule has 5 nitrogen and oxygen atoms in total. The van der Waals surface area contributed by atoms with Crippen molar-refractivity contribution in [3.8, 4) is 0 Å². The first kappa shape index (κ1) is 13.3. The van der Waals surface area contributed by atoms with E-state index >= 15 is 0 Å². The summed E-state index contributed by atoms with van der Waals surface area (Å²) in [4.78, 5) is 0.769. The van der Waals surface area contributed by atoms with Crippen LogP contribution >= 0.6 is 11.8 Å². The highest BCUT2D eigenvalue weighted by atomic mass is 32.2. The molecule has 0 spiro atoms. The molecule has 0 atom stereocenters. The fraction of sp³-hybridized carbons (Fsp3) is 0.333. The number of benzene rings is 1. The second-order valence-corrected chi connectivity index (χ2v) is 5.78. The Hall–Kier alpha value is -0.760. The molecular formula is C9H14N2O3S2. The van der Waals surface area contributed by atoms with Gasteiger partial charge in [-0.3, -0.25) is 0 Å². The van der Waals surface area contributed by atoms with Gasteiger partial charge in [-0.2, -0.15) is 0 Å². The molecular weight excluding hydrogens is 248 g/mol. The molecule has 0 fully saturated rings. The lowest BCUT2D eigenvalue weighted by molar-refractivity contribution is 0.218. The second-order valence-electron chi connectivity index (χ2n) is 3.09. The van der Waals surface area contributed by atoms with E-state index in [4.69, 9.17) is 15.6 Å². The van der Waals surface area contributed by atoms with Gasteiger partial charge in [-0.1, -0.05) is 0 Å². The van der Waals surface area contributed by atoms with E-state index in [0.717, 1.165) is 0 Å². The van der Waals surface area contributed by atoms with Gasteiger partial charge < -0.3 is 10.5 Å². The Bertz CT molecular complexity index is 460. The van der Waals surface area contributed by atoms with E-state index in [-0.39, 0.29) is 4.90 Å². The van der Waals surface area contributed by atoms with E-state index in [1.54, 1.807) is 7.11 Å². The molecule has 0 saturated carbocycles. The van der Waals surface area contributed by atoms with E-state index in [1.807, 2.05) is 0 Å². The van der Waals surface area contributed by atoms with Gasteiger partial charge in [0.2, 0.25) is 10.0 Å². The molecule has 4 N–H and O–H groups in total. The van der Waals surface area contributed by atoms with Gasteiger partial charge in [-0.15, -0.1) is 11.8 Å². The van der Waals surface area contributed by atoms with Crippen LogP contribution in [-0.4, -0.2) is 27.9 Å². The van der Waals surface area contributed by atoms with Crippen LogP contribution in [0.4, 0.5) is 5.69 Å². The number of sulfonamides is 1. The first-order chi connectivity index (χ1) is 7.45. The zero-order valence-electron chi connectivity index (χ0n) is 8.84. The van der Waals surface area contributed by atoms with Gasteiger partial charge in [0.25, 0.3) is 0 Å². The van der Waals surface area contributed by atoms with Crippen molar-refractivity contribution in [2.45, 2.75) is 9.79 Å². The van der Waals surface area contributed by atoms with Crippen molar-refractivity contribution in [2.75, 3.05) is 25.2 Å². The van der Waals surface area contributed by atoms with Crippen LogP contribution in [-0.2, 0) is 14.8 Å². The molecule has 1 aromatic rings. The monoisotopic (exact) mass is 262 g/mol. The Labute approximate surface area is 99.2 Å². The summed E-state index contributed by atoms with van der Waals surface area (Å²) < 4.78 is 27.2. The zero-order chi connectivity index (χ0) is 12.2. The molecule has 1 rings (SSSR count). The molecule has 1 aromatic carbocycles. The largest absolute Gasteiger partial charge is 0.398 e. The molecule has 0 saturated heterocycles. The van der Waals surface area contributed by atoms with Crippen LogP contribution in [0.15, 0.2) is 28.0 Å². The van der Waals surface area contributed by atoms with Crippen molar-refractivity contribution >= 4 is 27.5 Å². The number of hydrogen-bond donors (Lipinski definition) is 2. The third-order valence-corrected chi connectivity index (χ3v) is 3.80. The van der Waals surface area contributed by atoms with Crippen molar-refractivity contribution in [3.63, 3.8) is 0 Å². The number of hydrogen-bond acceptors (Lipinski definition) is 5. The highest BCUT2D eigenvalue weighted by Gasteiger charge is 2.10. The molecule has 0 aliphatic carbocycles. The fourth-order valence-electron chi connectivity index (χ4n) is 1.05. The van der Waals surface area contributed by atoms with E-state index in [2.05, 4.69) is 0 Å². The Kier molecular flexibility index (Phi) is 4.60. The minimum absolute atomic E-state index is 0.0709. The zero-order valence-corrected chi connectivity index (χ0v) is 10.5. The van der Waals surface area contributed by atoms with Crippen molar-refractivity contribution in [1.29, 1.82) is 0 Å². The average molecular weight is 262 g/mol. The van der Waals surface area contributed by atoms with Crippen LogP contribution in [0.3, 0.4) is 0 Å². The quantitative estimate of drug-likeness (QED) is 0.461. The molecule has 90 valence electrons. The number of nitrogens with two attached hydrogens (primary N) is 2. The number of rotatable bonds is 5. The number of anilines is 1. The van der Waals surface area contributed by atoms with Crippen LogP contribution in [0, 0.1) is 0 Å². The number of ether oxygens (including phenoxy) is 1. The third-order valence-electron chi connectivity index (χ3n) is 1.86. The number of nitrogen functional groups attached to an aromatic ring is 1. The lowest BCUT2D eigenvalue weighted by Gasteiger charge is -2.06. The molecule has 0 aliphatic rings. The smallest absolute Gasteiger partial charge is 0.238 e. The summed E-state index contributed by atoms with van der Waals surface area (Å²) in [6.07, 6.45) is 0. The number of methoxy groups -OCH3 is 1. The Balaban J connectivity index is 2.91. The first-order valence-electron chi connectivity index (χ1n) is 4.49. The lowest BCUT2D eigenvalue weighted by atomic mass is 10.3. The van der Waals surface area contributed by atoms with Gasteiger partial charge in [0.05, 0.1) is 11.5 Å². The van der Waals surface area contributed by atoms with Crippen LogP contribution in [0.5, 0.6) is 0 Å². The Morgan fingerprint density at radius 3 is 2.69 bits per heavy atom. The van der Waals surface area contributed by atoms with Crippen molar-refractivity contribution in [3.05, 3.63) is 18.2 Å². The Morgan fingerprint density at radius 1 is 1.44 bits per heavy atom. The summed E-state index contributed by atoms with van der Waals surface area (Å²) in [5, 5.41) is 5.03. The third kappa shape index (κ3) is 3.67. The average Bonchev–Trinajstić information content (AvgIpc) is 2.19. The van der Waals surface area contributed by atoms with Gasteiger partial charge >= 0.3 is 0 Å². The normalized spacial score (nSPS) is 11.6. The van der Waals surface area contributed by atoms with Gasteiger partial charge in [-0.05, 0) is 18.2 Å². The molecule has 7 heteroatoms. The second kappa shape index (κ2) is 5.53. The summed E-state index contributed by atoms with van der Waals surface area (Å²) in [7, 11) is -2.07. The van der Waals surface area contributed by atoms with Gasteiger partial charge in [0, 0.05) is 23.4 Å². The topological polar surface area (TPSA) is 95.4 Å². The molecule has 0 unspecified atom stereocenters. The van der Waals surface area contributed by atoms with Gasteiger partial charge in [-0.25, -0.2) is 13.6 Å². The molecule has 16 heavy (non-hydrogen) atoms. The highest BCUT2D eigenvalue weighted by Crippen LogP contribution is 2.27. The van der Waals surface area contributed by atoms with Gasteiger partial charge in [0.1, 0.15) is 0 Å². The van der Waals surface area contributed by atoms with E-state index < -0.39 is 10.0 Å². The SMILES string of the molecule is COCCSc1cc(S(N)(=O)=O)ccc1N. The minimum atomic E-state index is -3.67. The molecule has 0 amide bonds. The van der Waals surface area contributed by atoms with Crippen LogP contribution in [0.25, 0.3) is 0 Å². The van der Waals surface area contributed by atoms with E-state index in [0.29, 0.717) is 22.9 Å². The Morgan fingerprint density at radius 2 is 2.12 bits per heavy atom. The fourth-order valence-corrected chi connectivity index (χ4v) is 2.58. The molecule has 0 bridgehead atoms. The van der Waals surface area contributed by atoms with Crippen LogP contribution in [0.1, 0.15) is 0 Å². The predicted octanol–water partition coefficient (Wildman–Crippen LogP) is 0.655. The molecule has 0 aliphatic heterocycles. The summed E-state index contributed by atoms with van der Waals surface area (Å²) in [5.41, 5.74) is 6.25. The summed E-state index contributed by atoms with van der Waals surface area (Å²) in [5.74, 6) is 0.703. The van der Waals surface area contributed by atoms with Crippen LogP contribution in [0.2, 0.25) is 0 Å².